The van der Waals surface area contributed by atoms with Gasteiger partial charge in [-0.1, -0.05) is 0 Å². The van der Waals surface area contributed by atoms with Crippen LogP contribution >= 0.6 is 37.2 Å². The lowest BCUT2D eigenvalue weighted by atomic mass is 10.0. The SMILES string of the molecule is COOCC1CC(O)CCN1.II. The Morgan fingerprint density at radius 3 is 2.77 bits per heavy atom. The second kappa shape index (κ2) is 9.84. The van der Waals surface area contributed by atoms with E-state index in [2.05, 4.69) is 47.4 Å². The normalized spacial score (nSPS) is 27.7. The van der Waals surface area contributed by atoms with Crippen LogP contribution in [-0.4, -0.2) is 37.5 Å². The molecule has 1 fully saturated rings. The molecule has 0 saturated carbocycles. The van der Waals surface area contributed by atoms with Crippen LogP contribution in [0.2, 0.25) is 0 Å². The molecular formula is C7H15I2NO3. The van der Waals surface area contributed by atoms with Crippen molar-refractivity contribution >= 4 is 37.2 Å². The second-order valence-corrected chi connectivity index (χ2v) is 2.78. The van der Waals surface area contributed by atoms with Crippen molar-refractivity contribution < 1.29 is 14.9 Å². The standard InChI is InChI=1S/C7H15NO3.I2/c1-10-11-5-6-4-7(9)2-3-8-6;1-2/h6-9H,2-5H2,1H3;. The predicted octanol–water partition coefficient (Wildman–Crippen LogP) is 1.45. The summed E-state index contributed by atoms with van der Waals surface area (Å²) in [6.07, 6.45) is 1.41. The summed E-state index contributed by atoms with van der Waals surface area (Å²) in [6, 6.07) is 0.235. The van der Waals surface area contributed by atoms with Crippen molar-refractivity contribution in [2.24, 2.45) is 0 Å². The summed E-state index contributed by atoms with van der Waals surface area (Å²) in [5.41, 5.74) is 0. The number of piperidine rings is 1. The molecule has 0 aliphatic carbocycles. The van der Waals surface area contributed by atoms with Crippen molar-refractivity contribution in [3.63, 3.8) is 0 Å². The predicted molar refractivity (Wildman–Crippen MR) is 68.0 cm³/mol. The molecule has 0 aromatic carbocycles. The lowest BCUT2D eigenvalue weighted by Crippen LogP contribution is -2.42. The molecule has 6 heteroatoms. The number of rotatable bonds is 3. The molecular weight excluding hydrogens is 400 g/mol. The Morgan fingerprint density at radius 1 is 1.54 bits per heavy atom. The summed E-state index contributed by atoms with van der Waals surface area (Å²) < 4.78 is 0. The van der Waals surface area contributed by atoms with Crippen molar-refractivity contribution in [3.05, 3.63) is 0 Å². The summed E-state index contributed by atoms with van der Waals surface area (Å²) in [5, 5.41) is 12.5. The van der Waals surface area contributed by atoms with Crippen LogP contribution in [0.25, 0.3) is 0 Å². The average Bonchev–Trinajstić information content (AvgIpc) is 2.18. The summed E-state index contributed by atoms with van der Waals surface area (Å²) in [7, 11) is 1.49. The number of aliphatic hydroxyl groups is 1. The van der Waals surface area contributed by atoms with Crippen LogP contribution in [0.15, 0.2) is 0 Å². The molecule has 2 unspecified atom stereocenters. The smallest absolute Gasteiger partial charge is 0.0976 e. The zero-order valence-electron chi connectivity index (χ0n) is 7.50. The Balaban J connectivity index is 0.000000671. The van der Waals surface area contributed by atoms with Gasteiger partial charge in [0.05, 0.1) is 19.8 Å². The van der Waals surface area contributed by atoms with Crippen LogP contribution in [-0.2, 0) is 9.78 Å². The van der Waals surface area contributed by atoms with E-state index in [0.717, 1.165) is 19.4 Å². The summed E-state index contributed by atoms with van der Waals surface area (Å²) in [6.45, 7) is 1.37. The molecule has 0 bridgehead atoms. The fourth-order valence-corrected chi connectivity index (χ4v) is 1.26. The molecule has 2 N–H and O–H groups in total. The minimum absolute atomic E-state index is 0.179. The second-order valence-electron chi connectivity index (χ2n) is 2.78. The highest BCUT2D eigenvalue weighted by atomic mass is 128. The Bertz CT molecular complexity index is 118. The van der Waals surface area contributed by atoms with E-state index in [1.165, 1.54) is 7.11 Å². The molecule has 0 radical (unpaired) electrons. The first-order valence-electron chi connectivity index (χ1n) is 4.04. The van der Waals surface area contributed by atoms with Crippen LogP contribution in [0, 0.1) is 0 Å². The van der Waals surface area contributed by atoms with Gasteiger partial charge in [-0.05, 0) is 19.4 Å². The molecule has 0 amide bonds. The summed E-state index contributed by atoms with van der Waals surface area (Å²) in [5.74, 6) is 0. The number of aliphatic hydroxyl groups excluding tert-OH is 1. The van der Waals surface area contributed by atoms with Crippen LogP contribution in [0.4, 0.5) is 0 Å². The number of hydrogen-bond donors (Lipinski definition) is 2. The largest absolute Gasteiger partial charge is 0.393 e. The maximum absolute atomic E-state index is 9.24. The van der Waals surface area contributed by atoms with E-state index in [-0.39, 0.29) is 12.1 Å². The zero-order valence-corrected chi connectivity index (χ0v) is 11.8. The molecule has 1 aliphatic rings. The van der Waals surface area contributed by atoms with E-state index < -0.39 is 0 Å². The maximum Gasteiger partial charge on any atom is 0.0976 e. The molecule has 1 saturated heterocycles. The first kappa shape index (κ1) is 14.3. The van der Waals surface area contributed by atoms with Gasteiger partial charge in [-0.25, -0.2) is 9.78 Å². The Labute approximate surface area is 102 Å². The first-order valence-corrected chi connectivity index (χ1v) is 10.3. The highest BCUT2D eigenvalue weighted by molar-refractivity contribution is 15.0. The van der Waals surface area contributed by atoms with Crippen LogP contribution in [0.3, 0.4) is 0 Å². The molecule has 4 nitrogen and oxygen atoms in total. The van der Waals surface area contributed by atoms with E-state index >= 15 is 0 Å². The lowest BCUT2D eigenvalue weighted by molar-refractivity contribution is -0.277. The lowest BCUT2D eigenvalue weighted by Gasteiger charge is -2.26. The number of nitrogens with one attached hydrogen (secondary N) is 1. The van der Waals surface area contributed by atoms with Gasteiger partial charge in [-0.2, -0.15) is 0 Å². The van der Waals surface area contributed by atoms with Gasteiger partial charge < -0.3 is 10.4 Å². The van der Waals surface area contributed by atoms with Gasteiger partial charge in [-0.3, -0.25) is 0 Å². The van der Waals surface area contributed by atoms with Crippen molar-refractivity contribution in [1.82, 2.24) is 5.32 Å². The quantitative estimate of drug-likeness (QED) is 0.417. The molecule has 13 heavy (non-hydrogen) atoms. The van der Waals surface area contributed by atoms with Gasteiger partial charge in [0.2, 0.25) is 0 Å². The molecule has 0 aromatic rings. The third-order valence-electron chi connectivity index (χ3n) is 1.85. The van der Waals surface area contributed by atoms with Gasteiger partial charge >= 0.3 is 0 Å². The third kappa shape index (κ3) is 7.25. The van der Waals surface area contributed by atoms with E-state index in [1.807, 2.05) is 0 Å². The summed E-state index contributed by atoms with van der Waals surface area (Å²) >= 11 is 4.24. The maximum atomic E-state index is 9.24. The Morgan fingerprint density at radius 2 is 2.23 bits per heavy atom. The number of hydrogen-bond acceptors (Lipinski definition) is 4. The molecule has 2 atom stereocenters. The van der Waals surface area contributed by atoms with Crippen molar-refractivity contribution in [3.8, 4) is 0 Å². The molecule has 1 rings (SSSR count). The topological polar surface area (TPSA) is 50.7 Å². The highest BCUT2D eigenvalue weighted by Gasteiger charge is 2.19. The van der Waals surface area contributed by atoms with Crippen molar-refractivity contribution in [2.45, 2.75) is 25.0 Å². The molecule has 1 aliphatic heterocycles. The van der Waals surface area contributed by atoms with E-state index in [0.29, 0.717) is 6.61 Å². The number of halogens is 2. The third-order valence-corrected chi connectivity index (χ3v) is 1.85. The average molecular weight is 415 g/mol. The van der Waals surface area contributed by atoms with Crippen molar-refractivity contribution in [1.29, 1.82) is 0 Å². The monoisotopic (exact) mass is 415 g/mol. The Hall–Kier alpha value is 1.30. The Kier molecular flexibility index (Phi) is 10.8. The molecule has 0 aromatic heterocycles. The van der Waals surface area contributed by atoms with Gasteiger partial charge in [0.1, 0.15) is 0 Å². The molecule has 1 heterocycles. The van der Waals surface area contributed by atoms with E-state index in [4.69, 9.17) is 4.89 Å². The zero-order chi connectivity index (χ0) is 10.1. The molecule has 0 spiro atoms. The molecule has 80 valence electrons. The summed E-state index contributed by atoms with van der Waals surface area (Å²) in [4.78, 5) is 9.21. The van der Waals surface area contributed by atoms with Gasteiger partial charge in [0.15, 0.2) is 0 Å². The minimum Gasteiger partial charge on any atom is -0.393 e. The van der Waals surface area contributed by atoms with Crippen LogP contribution in [0.5, 0.6) is 0 Å². The van der Waals surface area contributed by atoms with E-state index in [1.54, 1.807) is 0 Å². The van der Waals surface area contributed by atoms with Gasteiger partial charge in [0.25, 0.3) is 0 Å². The first-order chi connectivity index (χ1) is 6.33. The van der Waals surface area contributed by atoms with Gasteiger partial charge in [-0.15, -0.1) is 0 Å². The van der Waals surface area contributed by atoms with E-state index in [9.17, 15) is 5.11 Å². The fraction of sp³-hybridized carbons (Fsp3) is 1.00. The van der Waals surface area contributed by atoms with Crippen LogP contribution < -0.4 is 5.32 Å². The minimum atomic E-state index is -0.179. The highest BCUT2D eigenvalue weighted by Crippen LogP contribution is 2.08. The van der Waals surface area contributed by atoms with Crippen LogP contribution in [0.1, 0.15) is 12.8 Å². The fourth-order valence-electron chi connectivity index (χ4n) is 1.26. The van der Waals surface area contributed by atoms with Crippen molar-refractivity contribution in [2.75, 3.05) is 20.3 Å². The van der Waals surface area contributed by atoms with Gasteiger partial charge in [0, 0.05) is 43.3 Å².